The Morgan fingerprint density at radius 2 is 0.510 bits per heavy atom. The number of allylic oxidation sites excluding steroid dienone is 2. The van der Waals surface area contributed by atoms with E-state index in [9.17, 15) is 0 Å². The molecule has 49 heavy (non-hydrogen) atoms. The third kappa shape index (κ3) is 6.93. The first-order valence-corrected chi connectivity index (χ1v) is 16.9. The Morgan fingerprint density at radius 3 is 0.796 bits per heavy atom. The molecule has 0 radical (unpaired) electrons. The Balaban J connectivity index is 1.27. The van der Waals surface area contributed by atoms with Crippen molar-refractivity contribution in [3.63, 3.8) is 0 Å². The fraction of sp³-hybridized carbons (Fsp3) is 0.0417. The van der Waals surface area contributed by atoms with Crippen molar-refractivity contribution in [2.24, 2.45) is 0 Å². The summed E-state index contributed by atoms with van der Waals surface area (Å²) in [6.45, 7) is 4.46. The van der Waals surface area contributed by atoms with Crippen LogP contribution < -0.4 is 4.90 Å². The molecule has 0 aliphatic carbocycles. The van der Waals surface area contributed by atoms with Gasteiger partial charge in [-0.25, -0.2) is 0 Å². The SMILES string of the molecule is CC(=C(c1ccccc1)c1ccccc1)c1ccc(N(c2ccccc2)c2ccc(C(C)=C(c3ccccc3)c3ccccc3)cc2)cc1. The van der Waals surface area contributed by atoms with Crippen molar-refractivity contribution in [3.8, 4) is 0 Å². The summed E-state index contributed by atoms with van der Waals surface area (Å²) >= 11 is 0. The van der Waals surface area contributed by atoms with Crippen molar-refractivity contribution in [2.75, 3.05) is 4.90 Å². The molecule has 0 amide bonds. The molecule has 0 saturated carbocycles. The predicted molar refractivity (Wildman–Crippen MR) is 210 cm³/mol. The van der Waals surface area contributed by atoms with E-state index in [1.165, 1.54) is 55.7 Å². The zero-order valence-corrected chi connectivity index (χ0v) is 28.0. The van der Waals surface area contributed by atoms with Gasteiger partial charge in [0.25, 0.3) is 0 Å². The molecule has 1 heteroatoms. The number of hydrogen-bond donors (Lipinski definition) is 0. The number of para-hydroxylation sites is 1. The monoisotopic (exact) mass is 629 g/mol. The van der Waals surface area contributed by atoms with E-state index in [4.69, 9.17) is 0 Å². The quantitative estimate of drug-likeness (QED) is 0.144. The lowest BCUT2D eigenvalue weighted by Gasteiger charge is -2.26. The van der Waals surface area contributed by atoms with Gasteiger partial charge < -0.3 is 4.90 Å². The second kappa shape index (κ2) is 14.7. The van der Waals surface area contributed by atoms with Gasteiger partial charge in [-0.15, -0.1) is 0 Å². The summed E-state index contributed by atoms with van der Waals surface area (Å²) in [5, 5.41) is 0. The fourth-order valence-corrected chi connectivity index (χ4v) is 6.65. The lowest BCUT2D eigenvalue weighted by Crippen LogP contribution is -2.10. The van der Waals surface area contributed by atoms with E-state index in [2.05, 4.69) is 219 Å². The first-order chi connectivity index (χ1) is 24.2. The van der Waals surface area contributed by atoms with Crippen LogP contribution in [-0.4, -0.2) is 0 Å². The molecule has 7 rings (SSSR count). The van der Waals surface area contributed by atoms with Crippen LogP contribution in [0.2, 0.25) is 0 Å². The van der Waals surface area contributed by atoms with Crippen LogP contribution >= 0.6 is 0 Å². The Labute approximate surface area is 290 Å². The Kier molecular flexibility index (Phi) is 9.43. The molecular formula is C48H39N. The van der Waals surface area contributed by atoms with Crippen LogP contribution in [0.4, 0.5) is 17.1 Å². The summed E-state index contributed by atoms with van der Waals surface area (Å²) in [6, 6.07) is 71.3. The fourth-order valence-electron chi connectivity index (χ4n) is 6.65. The number of nitrogens with zero attached hydrogens (tertiary/aromatic N) is 1. The highest BCUT2D eigenvalue weighted by atomic mass is 15.1. The average Bonchev–Trinajstić information content (AvgIpc) is 3.18. The van der Waals surface area contributed by atoms with E-state index in [1.54, 1.807) is 0 Å². The number of hydrogen-bond acceptors (Lipinski definition) is 1. The van der Waals surface area contributed by atoms with E-state index < -0.39 is 0 Å². The first-order valence-electron chi connectivity index (χ1n) is 16.9. The van der Waals surface area contributed by atoms with Gasteiger partial charge in [0, 0.05) is 17.1 Å². The third-order valence-corrected chi connectivity index (χ3v) is 9.13. The van der Waals surface area contributed by atoms with Gasteiger partial charge in [-0.05, 0) is 106 Å². The maximum absolute atomic E-state index is 2.33. The molecule has 1 nitrogen and oxygen atoms in total. The molecule has 0 N–H and O–H groups in total. The van der Waals surface area contributed by atoms with Crippen LogP contribution in [0, 0.1) is 0 Å². The van der Waals surface area contributed by atoms with Gasteiger partial charge in [0.2, 0.25) is 0 Å². The topological polar surface area (TPSA) is 3.24 Å². The third-order valence-electron chi connectivity index (χ3n) is 9.13. The second-order valence-electron chi connectivity index (χ2n) is 12.2. The standard InChI is InChI=1S/C48H39N/c1-36(47(40-18-8-3-9-19-40)41-20-10-4-11-21-41)38-28-32-45(33-29-38)49(44-26-16-7-17-27-44)46-34-30-39(31-35-46)37(2)48(42-22-12-5-13-23-42)43-24-14-6-15-25-43/h3-35H,1-2H3. The highest BCUT2D eigenvalue weighted by Crippen LogP contribution is 2.38. The summed E-state index contributed by atoms with van der Waals surface area (Å²) in [7, 11) is 0. The maximum Gasteiger partial charge on any atom is 0.0462 e. The van der Waals surface area contributed by atoms with E-state index in [0.717, 1.165) is 17.1 Å². The minimum atomic E-state index is 1.11. The molecule has 7 aromatic rings. The molecule has 0 saturated heterocycles. The molecule has 0 atom stereocenters. The first kappa shape index (κ1) is 31.4. The summed E-state index contributed by atoms with van der Waals surface area (Å²) in [5.74, 6) is 0. The van der Waals surface area contributed by atoms with Crippen LogP contribution in [0.1, 0.15) is 47.2 Å². The van der Waals surface area contributed by atoms with Crippen LogP contribution in [0.25, 0.3) is 22.3 Å². The van der Waals surface area contributed by atoms with Crippen molar-refractivity contribution < 1.29 is 0 Å². The van der Waals surface area contributed by atoms with E-state index in [-0.39, 0.29) is 0 Å². The normalized spacial score (nSPS) is 10.7. The van der Waals surface area contributed by atoms with Crippen molar-refractivity contribution in [3.05, 3.63) is 234 Å². The van der Waals surface area contributed by atoms with Gasteiger partial charge in [-0.2, -0.15) is 0 Å². The number of rotatable bonds is 9. The van der Waals surface area contributed by atoms with Crippen molar-refractivity contribution >= 4 is 39.4 Å². The van der Waals surface area contributed by atoms with E-state index in [1.807, 2.05) is 0 Å². The molecule has 0 aromatic heterocycles. The lowest BCUT2D eigenvalue weighted by atomic mass is 9.90. The molecule has 0 aliphatic heterocycles. The second-order valence-corrected chi connectivity index (χ2v) is 12.2. The van der Waals surface area contributed by atoms with Crippen LogP contribution in [0.15, 0.2) is 200 Å². The maximum atomic E-state index is 2.33. The molecule has 0 fully saturated rings. The zero-order chi connectivity index (χ0) is 33.4. The van der Waals surface area contributed by atoms with Crippen LogP contribution in [0.5, 0.6) is 0 Å². The Bertz CT molecular complexity index is 1940. The molecule has 0 bridgehead atoms. The number of anilines is 3. The van der Waals surface area contributed by atoms with Crippen molar-refractivity contribution in [1.82, 2.24) is 0 Å². The Hall–Kier alpha value is -6.18. The molecular weight excluding hydrogens is 591 g/mol. The summed E-state index contributed by atoms with van der Waals surface area (Å²) in [4.78, 5) is 2.33. The summed E-state index contributed by atoms with van der Waals surface area (Å²) in [6.07, 6.45) is 0. The minimum absolute atomic E-state index is 1.11. The zero-order valence-electron chi connectivity index (χ0n) is 28.0. The Morgan fingerprint density at radius 1 is 0.265 bits per heavy atom. The van der Waals surface area contributed by atoms with Gasteiger partial charge in [-0.1, -0.05) is 164 Å². The van der Waals surface area contributed by atoms with Gasteiger partial charge in [0.15, 0.2) is 0 Å². The van der Waals surface area contributed by atoms with E-state index >= 15 is 0 Å². The van der Waals surface area contributed by atoms with Gasteiger partial charge in [0.05, 0.1) is 0 Å². The summed E-state index contributed by atoms with van der Waals surface area (Å²) in [5.41, 5.74) is 15.6. The smallest absolute Gasteiger partial charge is 0.0462 e. The highest BCUT2D eigenvalue weighted by molar-refractivity contribution is 5.99. The van der Waals surface area contributed by atoms with Gasteiger partial charge in [-0.3, -0.25) is 0 Å². The molecule has 0 aliphatic rings. The molecule has 0 heterocycles. The predicted octanol–water partition coefficient (Wildman–Crippen LogP) is 13.1. The van der Waals surface area contributed by atoms with Gasteiger partial charge >= 0.3 is 0 Å². The van der Waals surface area contributed by atoms with E-state index in [0.29, 0.717) is 0 Å². The molecule has 0 unspecified atom stereocenters. The van der Waals surface area contributed by atoms with Crippen LogP contribution in [0.3, 0.4) is 0 Å². The largest absolute Gasteiger partial charge is 0.311 e. The highest BCUT2D eigenvalue weighted by Gasteiger charge is 2.16. The van der Waals surface area contributed by atoms with Crippen LogP contribution in [-0.2, 0) is 0 Å². The minimum Gasteiger partial charge on any atom is -0.311 e. The van der Waals surface area contributed by atoms with Crippen molar-refractivity contribution in [1.29, 1.82) is 0 Å². The lowest BCUT2D eigenvalue weighted by molar-refractivity contribution is 1.28. The molecule has 0 spiro atoms. The average molecular weight is 630 g/mol. The number of benzene rings is 7. The van der Waals surface area contributed by atoms with Gasteiger partial charge in [0.1, 0.15) is 0 Å². The van der Waals surface area contributed by atoms with Crippen molar-refractivity contribution in [2.45, 2.75) is 13.8 Å². The molecule has 236 valence electrons. The summed E-state index contributed by atoms with van der Waals surface area (Å²) < 4.78 is 0. The molecule has 7 aromatic carbocycles.